The predicted molar refractivity (Wildman–Crippen MR) is 64.6 cm³/mol. The smallest absolute Gasteiger partial charge is 0.175 e. The third-order valence-electron chi connectivity index (χ3n) is 2.28. The highest BCUT2D eigenvalue weighted by Crippen LogP contribution is 2.40. The maximum Gasteiger partial charge on any atom is 0.175 e. The van der Waals surface area contributed by atoms with Gasteiger partial charge in [-0.15, -0.1) is 0 Å². The van der Waals surface area contributed by atoms with Crippen LogP contribution in [0.1, 0.15) is 12.0 Å². The molecule has 1 aromatic rings. The van der Waals surface area contributed by atoms with Crippen molar-refractivity contribution in [2.75, 3.05) is 20.8 Å². The second-order valence-corrected chi connectivity index (χ2v) is 4.13. The minimum absolute atomic E-state index is 0.307. The molecule has 5 heteroatoms. The van der Waals surface area contributed by atoms with Crippen molar-refractivity contribution in [1.29, 1.82) is 0 Å². The molecule has 3 nitrogen and oxygen atoms in total. The zero-order valence-corrected chi connectivity index (χ0v) is 10.9. The van der Waals surface area contributed by atoms with Crippen LogP contribution < -0.4 is 15.2 Å². The average Bonchev–Trinajstić information content (AvgIpc) is 2.27. The minimum Gasteiger partial charge on any atom is -0.492 e. The second-order valence-electron chi connectivity index (χ2n) is 3.28. The predicted octanol–water partition coefficient (Wildman–Crippen LogP) is 2.50. The lowest BCUT2D eigenvalue weighted by Crippen LogP contribution is -2.05. The van der Waals surface area contributed by atoms with E-state index in [0.717, 1.165) is 0 Å². The molecule has 0 atom stereocenters. The molecule has 0 aromatic heterocycles. The highest BCUT2D eigenvalue weighted by molar-refractivity contribution is 9.10. The van der Waals surface area contributed by atoms with Gasteiger partial charge in [0, 0.05) is 5.56 Å². The number of halogens is 2. The van der Waals surface area contributed by atoms with Gasteiger partial charge >= 0.3 is 0 Å². The Morgan fingerprint density at radius 3 is 2.44 bits per heavy atom. The van der Waals surface area contributed by atoms with Crippen molar-refractivity contribution in [2.45, 2.75) is 12.8 Å². The first kappa shape index (κ1) is 13.3. The van der Waals surface area contributed by atoms with Crippen molar-refractivity contribution < 1.29 is 13.9 Å². The molecule has 0 unspecified atom stereocenters. The summed E-state index contributed by atoms with van der Waals surface area (Å²) >= 11 is 3.23. The summed E-state index contributed by atoms with van der Waals surface area (Å²) in [5.74, 6) is 0.636. The molecule has 0 aliphatic heterocycles. The fourth-order valence-corrected chi connectivity index (χ4v) is 2.08. The summed E-state index contributed by atoms with van der Waals surface area (Å²) in [6, 6.07) is 1.38. The molecule has 1 aromatic carbocycles. The Morgan fingerprint density at radius 1 is 1.31 bits per heavy atom. The molecule has 2 N–H and O–H groups in total. The van der Waals surface area contributed by atoms with Gasteiger partial charge < -0.3 is 15.2 Å². The highest BCUT2D eigenvalue weighted by atomic mass is 79.9. The molecular weight excluding hydrogens is 277 g/mol. The zero-order chi connectivity index (χ0) is 12.1. The fourth-order valence-electron chi connectivity index (χ4n) is 1.54. The van der Waals surface area contributed by atoms with Crippen LogP contribution in [-0.2, 0) is 6.42 Å². The van der Waals surface area contributed by atoms with Crippen LogP contribution in [0.2, 0.25) is 0 Å². The number of benzene rings is 1. The summed E-state index contributed by atoms with van der Waals surface area (Å²) in [5, 5.41) is 0. The van der Waals surface area contributed by atoms with Crippen LogP contribution in [-0.4, -0.2) is 20.8 Å². The van der Waals surface area contributed by atoms with Crippen molar-refractivity contribution in [3.05, 3.63) is 21.9 Å². The van der Waals surface area contributed by atoms with Gasteiger partial charge in [-0.25, -0.2) is 4.39 Å². The first-order valence-electron chi connectivity index (χ1n) is 4.94. The van der Waals surface area contributed by atoms with Crippen LogP contribution in [0.25, 0.3) is 0 Å². The number of hydrogen-bond acceptors (Lipinski definition) is 3. The Hall–Kier alpha value is -0.810. The summed E-state index contributed by atoms with van der Waals surface area (Å²) < 4.78 is 24.6. The Balaban J connectivity index is 3.22. The van der Waals surface area contributed by atoms with Gasteiger partial charge in [-0.2, -0.15) is 0 Å². The molecule has 0 aliphatic rings. The summed E-state index contributed by atoms with van der Waals surface area (Å²) in [6.45, 7) is 0.515. The molecule has 90 valence electrons. The van der Waals surface area contributed by atoms with Crippen molar-refractivity contribution in [2.24, 2.45) is 5.73 Å². The number of nitrogens with two attached hydrogens (primary N) is 1. The van der Waals surface area contributed by atoms with Crippen LogP contribution in [0.15, 0.2) is 10.5 Å². The van der Waals surface area contributed by atoms with Crippen molar-refractivity contribution in [3.8, 4) is 11.5 Å². The summed E-state index contributed by atoms with van der Waals surface area (Å²) in [7, 11) is 3.02. The number of ether oxygens (including phenoxy) is 2. The van der Waals surface area contributed by atoms with Gasteiger partial charge in [0.15, 0.2) is 11.5 Å². The van der Waals surface area contributed by atoms with E-state index in [0.29, 0.717) is 40.9 Å². The first-order chi connectivity index (χ1) is 7.65. The zero-order valence-electron chi connectivity index (χ0n) is 9.35. The molecule has 0 amide bonds. The molecule has 0 spiro atoms. The topological polar surface area (TPSA) is 44.5 Å². The molecule has 1 rings (SSSR count). The maximum absolute atomic E-state index is 13.7. The van der Waals surface area contributed by atoms with E-state index in [1.165, 1.54) is 20.3 Å². The van der Waals surface area contributed by atoms with E-state index in [-0.39, 0.29) is 5.82 Å². The van der Waals surface area contributed by atoms with Gasteiger partial charge in [0.25, 0.3) is 0 Å². The summed E-state index contributed by atoms with van der Waals surface area (Å²) in [5.41, 5.74) is 5.92. The summed E-state index contributed by atoms with van der Waals surface area (Å²) in [6.07, 6.45) is 1.24. The Morgan fingerprint density at radius 2 is 1.94 bits per heavy atom. The van der Waals surface area contributed by atoms with E-state index < -0.39 is 0 Å². The highest BCUT2D eigenvalue weighted by Gasteiger charge is 2.18. The number of hydrogen-bond donors (Lipinski definition) is 1. The van der Waals surface area contributed by atoms with E-state index >= 15 is 0 Å². The van der Waals surface area contributed by atoms with Crippen molar-refractivity contribution in [1.82, 2.24) is 0 Å². The third-order valence-corrected chi connectivity index (χ3v) is 2.87. The first-order valence-corrected chi connectivity index (χ1v) is 5.73. The van der Waals surface area contributed by atoms with Gasteiger partial charge in [0.1, 0.15) is 5.82 Å². The van der Waals surface area contributed by atoms with Gasteiger partial charge in [0.2, 0.25) is 0 Å². The SMILES string of the molecule is COc1c(Br)cc(F)c(CCCN)c1OC. The number of rotatable bonds is 5. The lowest BCUT2D eigenvalue weighted by atomic mass is 10.1. The van der Waals surface area contributed by atoms with E-state index in [2.05, 4.69) is 15.9 Å². The maximum atomic E-state index is 13.7. The second kappa shape index (κ2) is 6.06. The van der Waals surface area contributed by atoms with Gasteiger partial charge in [-0.3, -0.25) is 0 Å². The van der Waals surface area contributed by atoms with Crippen LogP contribution in [0.4, 0.5) is 4.39 Å². The van der Waals surface area contributed by atoms with E-state index in [9.17, 15) is 4.39 Å². The Kier molecular flexibility index (Phi) is 5.02. The van der Waals surface area contributed by atoms with Crippen LogP contribution in [0.5, 0.6) is 11.5 Å². The monoisotopic (exact) mass is 291 g/mol. The van der Waals surface area contributed by atoms with Gasteiger partial charge in [-0.05, 0) is 41.4 Å². The minimum atomic E-state index is -0.307. The average molecular weight is 292 g/mol. The van der Waals surface area contributed by atoms with Crippen LogP contribution in [0, 0.1) is 5.82 Å². The van der Waals surface area contributed by atoms with Crippen LogP contribution in [0.3, 0.4) is 0 Å². The normalized spacial score (nSPS) is 10.3. The number of methoxy groups -OCH3 is 2. The lowest BCUT2D eigenvalue weighted by molar-refractivity contribution is 0.346. The molecule has 0 bridgehead atoms. The third kappa shape index (κ3) is 2.65. The molecular formula is C11H15BrFNO2. The van der Waals surface area contributed by atoms with Crippen molar-refractivity contribution in [3.63, 3.8) is 0 Å². The molecule has 0 saturated heterocycles. The quantitative estimate of drug-likeness (QED) is 0.907. The lowest BCUT2D eigenvalue weighted by Gasteiger charge is -2.14. The summed E-state index contributed by atoms with van der Waals surface area (Å²) in [4.78, 5) is 0. The van der Waals surface area contributed by atoms with E-state index in [1.807, 2.05) is 0 Å². The molecule has 0 fully saturated rings. The largest absolute Gasteiger partial charge is 0.492 e. The molecule has 0 saturated carbocycles. The fraction of sp³-hybridized carbons (Fsp3) is 0.455. The van der Waals surface area contributed by atoms with Gasteiger partial charge in [-0.1, -0.05) is 0 Å². The van der Waals surface area contributed by atoms with Gasteiger partial charge in [0.05, 0.1) is 18.7 Å². The molecule has 0 radical (unpaired) electrons. The molecule has 16 heavy (non-hydrogen) atoms. The Labute approximate surface area is 103 Å². The Bertz CT molecular complexity index is 371. The van der Waals surface area contributed by atoms with Crippen molar-refractivity contribution >= 4 is 15.9 Å². The standard InChI is InChI=1S/C11H15BrFNO2/c1-15-10-7(4-3-5-14)9(13)6-8(12)11(10)16-2/h6H,3-5,14H2,1-2H3. The van der Waals surface area contributed by atoms with E-state index in [4.69, 9.17) is 15.2 Å². The molecule has 0 heterocycles. The van der Waals surface area contributed by atoms with E-state index in [1.54, 1.807) is 0 Å². The molecule has 0 aliphatic carbocycles. The van der Waals surface area contributed by atoms with Crippen LogP contribution >= 0.6 is 15.9 Å².